The molecule has 1 saturated carbocycles. The summed E-state index contributed by atoms with van der Waals surface area (Å²) in [6, 6.07) is 1.93. The van der Waals surface area contributed by atoms with E-state index >= 15 is 0 Å². The highest BCUT2D eigenvalue weighted by Crippen LogP contribution is 2.28. The molecule has 1 atom stereocenters. The van der Waals surface area contributed by atoms with Gasteiger partial charge in [-0.2, -0.15) is 5.10 Å². The fourth-order valence-electron chi connectivity index (χ4n) is 2.51. The van der Waals surface area contributed by atoms with Gasteiger partial charge in [0.2, 0.25) is 0 Å². The van der Waals surface area contributed by atoms with Gasteiger partial charge in [-0.1, -0.05) is 12.8 Å². The smallest absolute Gasteiger partial charge is 0.157 e. The maximum atomic E-state index is 11.8. The van der Waals surface area contributed by atoms with Gasteiger partial charge in [0.05, 0.1) is 23.2 Å². The number of hydrogen-bond acceptors (Lipinski definition) is 4. The van der Waals surface area contributed by atoms with Crippen molar-refractivity contribution >= 4 is 9.84 Å². The summed E-state index contributed by atoms with van der Waals surface area (Å²) in [5.74, 6) is 0.0115. The molecule has 2 rings (SSSR count). The second-order valence-electron chi connectivity index (χ2n) is 5.26. The molecule has 0 saturated heterocycles. The van der Waals surface area contributed by atoms with E-state index in [2.05, 4.69) is 5.10 Å². The zero-order valence-corrected chi connectivity index (χ0v) is 11.6. The van der Waals surface area contributed by atoms with Crippen LogP contribution in [0.3, 0.4) is 0 Å². The average molecular weight is 271 g/mol. The minimum absolute atomic E-state index is 0.00569. The maximum absolute atomic E-state index is 11.8. The van der Waals surface area contributed by atoms with Crippen LogP contribution in [0.25, 0.3) is 0 Å². The second-order valence-corrected chi connectivity index (χ2v) is 7.37. The van der Waals surface area contributed by atoms with Crippen molar-refractivity contribution in [2.24, 2.45) is 5.73 Å². The Hall–Kier alpha value is -0.880. The van der Waals surface area contributed by atoms with Crippen LogP contribution >= 0.6 is 0 Å². The maximum Gasteiger partial charge on any atom is 0.157 e. The van der Waals surface area contributed by atoms with Crippen molar-refractivity contribution in [1.82, 2.24) is 9.78 Å². The standard InChI is InChI=1S/C12H21N3O2S/c1-10(13)8-18(16,17)9-11-6-7-15(14-11)12-4-2-3-5-12/h6-7,10,12H,2-5,8-9,13H2,1H3. The molecular formula is C12H21N3O2S. The molecule has 6 heteroatoms. The lowest BCUT2D eigenvalue weighted by Crippen LogP contribution is -2.27. The first-order chi connectivity index (χ1) is 8.46. The number of rotatable bonds is 5. The molecule has 0 amide bonds. The number of nitrogens with two attached hydrogens (primary N) is 1. The summed E-state index contributed by atoms with van der Waals surface area (Å²) < 4.78 is 25.5. The molecule has 0 spiro atoms. The Kier molecular flexibility index (Phi) is 4.07. The largest absolute Gasteiger partial charge is 0.327 e. The molecule has 1 aromatic rings. The van der Waals surface area contributed by atoms with E-state index in [4.69, 9.17) is 5.73 Å². The number of aromatic nitrogens is 2. The van der Waals surface area contributed by atoms with E-state index in [0.29, 0.717) is 11.7 Å². The molecule has 1 aliphatic carbocycles. The van der Waals surface area contributed by atoms with Crippen molar-refractivity contribution in [1.29, 1.82) is 0 Å². The van der Waals surface area contributed by atoms with Crippen LogP contribution in [0.4, 0.5) is 0 Å². The van der Waals surface area contributed by atoms with Gasteiger partial charge in [0, 0.05) is 12.2 Å². The topological polar surface area (TPSA) is 78.0 Å². The lowest BCUT2D eigenvalue weighted by atomic mass is 10.3. The predicted octanol–water partition coefficient (Wildman–Crippen LogP) is 1.26. The van der Waals surface area contributed by atoms with Crippen molar-refractivity contribution in [2.75, 3.05) is 5.75 Å². The Labute approximate surface area is 108 Å². The van der Waals surface area contributed by atoms with Crippen LogP contribution in [0.5, 0.6) is 0 Å². The van der Waals surface area contributed by atoms with Gasteiger partial charge in [0.25, 0.3) is 0 Å². The zero-order chi connectivity index (χ0) is 13.2. The molecule has 0 radical (unpaired) electrons. The summed E-state index contributed by atoms with van der Waals surface area (Å²) in [7, 11) is -3.14. The molecule has 1 aromatic heterocycles. The average Bonchev–Trinajstić information content (AvgIpc) is 2.82. The Morgan fingerprint density at radius 2 is 2.17 bits per heavy atom. The third-order valence-corrected chi connectivity index (χ3v) is 5.02. The van der Waals surface area contributed by atoms with Gasteiger partial charge in [-0.25, -0.2) is 8.42 Å². The summed E-state index contributed by atoms with van der Waals surface area (Å²) in [6.45, 7) is 1.70. The van der Waals surface area contributed by atoms with Gasteiger partial charge in [-0.3, -0.25) is 4.68 Å². The van der Waals surface area contributed by atoms with Gasteiger partial charge in [-0.05, 0) is 25.8 Å². The Balaban J connectivity index is 2.02. The lowest BCUT2D eigenvalue weighted by molar-refractivity contribution is 0.464. The minimum atomic E-state index is -3.14. The molecule has 5 nitrogen and oxygen atoms in total. The molecular weight excluding hydrogens is 250 g/mol. The number of nitrogens with zero attached hydrogens (tertiary/aromatic N) is 2. The number of hydrogen-bond donors (Lipinski definition) is 1. The summed E-state index contributed by atoms with van der Waals surface area (Å²) >= 11 is 0. The Morgan fingerprint density at radius 1 is 1.50 bits per heavy atom. The molecule has 1 heterocycles. The van der Waals surface area contributed by atoms with Crippen molar-refractivity contribution in [3.8, 4) is 0 Å². The van der Waals surface area contributed by atoms with E-state index in [0.717, 1.165) is 12.8 Å². The third kappa shape index (κ3) is 3.55. The molecule has 0 bridgehead atoms. The minimum Gasteiger partial charge on any atom is -0.327 e. The molecule has 1 aliphatic rings. The molecule has 2 N–H and O–H groups in total. The van der Waals surface area contributed by atoms with Crippen molar-refractivity contribution in [3.63, 3.8) is 0 Å². The summed E-state index contributed by atoms with van der Waals surface area (Å²) in [5, 5.41) is 4.38. The third-order valence-electron chi connectivity index (χ3n) is 3.25. The van der Waals surface area contributed by atoms with Crippen LogP contribution in [-0.2, 0) is 15.6 Å². The highest BCUT2D eigenvalue weighted by molar-refractivity contribution is 7.90. The van der Waals surface area contributed by atoms with E-state index in [-0.39, 0.29) is 17.5 Å². The van der Waals surface area contributed by atoms with Gasteiger partial charge in [0.15, 0.2) is 9.84 Å². The van der Waals surface area contributed by atoms with Gasteiger partial charge >= 0.3 is 0 Å². The van der Waals surface area contributed by atoms with Crippen molar-refractivity contribution < 1.29 is 8.42 Å². The van der Waals surface area contributed by atoms with Gasteiger partial charge in [-0.15, -0.1) is 0 Å². The molecule has 1 unspecified atom stereocenters. The molecule has 18 heavy (non-hydrogen) atoms. The van der Waals surface area contributed by atoms with E-state index in [1.165, 1.54) is 12.8 Å². The highest BCUT2D eigenvalue weighted by atomic mass is 32.2. The normalized spacial score (nSPS) is 19.2. The first-order valence-corrected chi connectivity index (χ1v) is 8.28. The first-order valence-electron chi connectivity index (χ1n) is 6.46. The van der Waals surface area contributed by atoms with E-state index in [1.807, 2.05) is 10.9 Å². The van der Waals surface area contributed by atoms with Crippen molar-refractivity contribution in [3.05, 3.63) is 18.0 Å². The lowest BCUT2D eigenvalue weighted by Gasteiger charge is -2.09. The zero-order valence-electron chi connectivity index (χ0n) is 10.7. The van der Waals surface area contributed by atoms with E-state index in [1.54, 1.807) is 13.0 Å². The summed E-state index contributed by atoms with van der Waals surface area (Å²) in [5.41, 5.74) is 6.16. The Morgan fingerprint density at radius 3 is 2.78 bits per heavy atom. The van der Waals surface area contributed by atoms with Crippen molar-refractivity contribution in [2.45, 2.75) is 50.4 Å². The molecule has 102 valence electrons. The Bertz CT molecular complexity index is 487. The summed E-state index contributed by atoms with van der Waals surface area (Å²) in [4.78, 5) is 0. The first kappa shape index (κ1) is 13.5. The van der Waals surface area contributed by atoms with Crippen LogP contribution in [0.1, 0.15) is 44.3 Å². The van der Waals surface area contributed by atoms with Crippen LogP contribution in [0, 0.1) is 0 Å². The number of sulfone groups is 1. The molecule has 1 fully saturated rings. The fourth-order valence-corrected chi connectivity index (χ4v) is 4.03. The van der Waals surface area contributed by atoms with Crippen LogP contribution < -0.4 is 5.73 Å². The fraction of sp³-hybridized carbons (Fsp3) is 0.750. The van der Waals surface area contributed by atoms with E-state index < -0.39 is 9.84 Å². The highest BCUT2D eigenvalue weighted by Gasteiger charge is 2.20. The van der Waals surface area contributed by atoms with Crippen LogP contribution in [0.15, 0.2) is 12.3 Å². The monoisotopic (exact) mass is 271 g/mol. The van der Waals surface area contributed by atoms with Crippen LogP contribution in [0.2, 0.25) is 0 Å². The van der Waals surface area contributed by atoms with Gasteiger partial charge in [0.1, 0.15) is 0 Å². The quantitative estimate of drug-likeness (QED) is 0.874. The van der Waals surface area contributed by atoms with Crippen LogP contribution in [-0.4, -0.2) is 30.0 Å². The SMILES string of the molecule is CC(N)CS(=O)(=O)Cc1ccn(C2CCCC2)n1. The second kappa shape index (κ2) is 5.40. The van der Waals surface area contributed by atoms with Gasteiger partial charge < -0.3 is 5.73 Å². The van der Waals surface area contributed by atoms with E-state index in [9.17, 15) is 8.42 Å². The summed E-state index contributed by atoms with van der Waals surface area (Å²) in [6.07, 6.45) is 6.67. The predicted molar refractivity (Wildman–Crippen MR) is 70.9 cm³/mol. The molecule has 0 aromatic carbocycles. The molecule has 0 aliphatic heterocycles.